The summed E-state index contributed by atoms with van der Waals surface area (Å²) in [6, 6.07) is 5.34. The maximum atomic E-state index is 13.7. The molecule has 0 unspecified atom stereocenters. The number of aryl methyl sites for hydroxylation is 1. The Bertz CT molecular complexity index is 1430. The molecule has 0 radical (unpaired) electrons. The summed E-state index contributed by atoms with van der Waals surface area (Å²) in [5.41, 5.74) is 1.43. The zero-order valence-electron chi connectivity index (χ0n) is 22.1. The number of aliphatic hydroxyl groups excluding tert-OH is 2. The molecule has 0 aliphatic heterocycles. The molecule has 1 aromatic carbocycles. The zero-order chi connectivity index (χ0) is 28.2. The Hall–Kier alpha value is -2.82. The molecule has 2 N–H and O–H groups in total. The second-order valence-corrected chi connectivity index (χ2v) is 10.7. The van der Waals surface area contributed by atoms with E-state index in [1.807, 2.05) is 13.8 Å². The quantitative estimate of drug-likeness (QED) is 0.228. The summed E-state index contributed by atoms with van der Waals surface area (Å²) in [6.07, 6.45) is 0.288. The smallest absolute Gasteiger partial charge is 0.550 e. The van der Waals surface area contributed by atoms with Gasteiger partial charge in [-0.3, -0.25) is 0 Å². The molecule has 0 saturated carbocycles. The molecule has 16 heteroatoms. The van der Waals surface area contributed by atoms with Crippen molar-refractivity contribution in [3.63, 3.8) is 0 Å². The third-order valence-electron chi connectivity index (χ3n) is 5.32. The number of anilines is 2. The molecule has 3 aromatic rings. The fourth-order valence-electron chi connectivity index (χ4n) is 3.62. The van der Waals surface area contributed by atoms with Crippen LogP contribution in [-0.2, 0) is 21.9 Å². The van der Waals surface area contributed by atoms with Crippen molar-refractivity contribution < 1.29 is 62.5 Å². The number of aliphatic carboxylic acids is 1. The van der Waals surface area contributed by atoms with Crippen LogP contribution >= 0.6 is 0 Å². The van der Waals surface area contributed by atoms with Crippen LogP contribution < -0.4 is 39.0 Å². The molecule has 0 bridgehead atoms. The number of benzene rings is 1. The van der Waals surface area contributed by atoms with Gasteiger partial charge in [0.1, 0.15) is 5.82 Å². The number of nitrogens with zero attached hydrogens (tertiary/aromatic N) is 7. The summed E-state index contributed by atoms with van der Waals surface area (Å²) in [5.74, 6) is -2.64. The van der Waals surface area contributed by atoms with Crippen LogP contribution in [0.3, 0.4) is 0 Å². The van der Waals surface area contributed by atoms with E-state index >= 15 is 0 Å². The molecule has 2 heterocycles. The molecule has 0 aliphatic carbocycles. The Morgan fingerprint density at radius 1 is 1.21 bits per heavy atom. The van der Waals surface area contributed by atoms with Gasteiger partial charge in [-0.05, 0) is 40.6 Å². The van der Waals surface area contributed by atoms with Crippen molar-refractivity contribution in [2.75, 3.05) is 10.6 Å². The molecule has 3 rings (SSSR count). The van der Waals surface area contributed by atoms with Gasteiger partial charge >= 0.3 is 29.6 Å². The number of carboxylic acids is 1. The largest absolute Gasteiger partial charge is 1.00 e. The first kappa shape index (κ1) is 32.4. The minimum atomic E-state index is -4.03. The fraction of sp³-hybridized carbons (Fsp3) is 0.391. The van der Waals surface area contributed by atoms with Crippen LogP contribution in [0.5, 0.6) is 0 Å². The molecule has 0 amide bonds. The molecule has 0 fully saturated rings. The molecule has 2 atom stereocenters. The van der Waals surface area contributed by atoms with Gasteiger partial charge < -0.3 is 20.1 Å². The molecular formula is C23H27FN7NaO6S. The second-order valence-electron chi connectivity index (χ2n) is 8.85. The van der Waals surface area contributed by atoms with Crippen LogP contribution in [0.2, 0.25) is 0 Å². The SMILES string of the molecule is CC(C)c1nc(N(c2nnnn2C)S(C)(=O)=O)nc(-c2ccc(F)cc2)c1/C=C/[C@@H](O)C[C@@H](O)CC(=O)[O-].[Na+]. The van der Waals surface area contributed by atoms with Gasteiger partial charge in [-0.25, -0.2) is 27.5 Å². The number of carboxylic acid groups (broad SMARTS) is 1. The van der Waals surface area contributed by atoms with Gasteiger partial charge in [-0.1, -0.05) is 31.1 Å². The van der Waals surface area contributed by atoms with E-state index in [9.17, 15) is 32.9 Å². The Morgan fingerprint density at radius 3 is 2.36 bits per heavy atom. The predicted molar refractivity (Wildman–Crippen MR) is 133 cm³/mol. The van der Waals surface area contributed by atoms with Gasteiger partial charge in [0.2, 0.25) is 16.0 Å². The molecule has 39 heavy (non-hydrogen) atoms. The summed E-state index contributed by atoms with van der Waals surface area (Å²) in [7, 11) is -2.58. The van der Waals surface area contributed by atoms with Crippen LogP contribution in [-0.4, -0.2) is 73.2 Å². The van der Waals surface area contributed by atoms with Crippen molar-refractivity contribution in [2.45, 2.75) is 44.8 Å². The fourth-order valence-corrected chi connectivity index (χ4v) is 4.45. The summed E-state index contributed by atoms with van der Waals surface area (Å²) >= 11 is 0. The van der Waals surface area contributed by atoms with Gasteiger partial charge in [0, 0.05) is 37.0 Å². The number of sulfonamides is 1. The number of carbonyl (C=O) groups is 1. The predicted octanol–water partition coefficient (Wildman–Crippen LogP) is -2.70. The average Bonchev–Trinajstić information content (AvgIpc) is 3.21. The Balaban J connectivity index is 0.00000533. The molecule has 0 spiro atoms. The van der Waals surface area contributed by atoms with Gasteiger partial charge in [-0.15, -0.1) is 0 Å². The number of aromatic nitrogens is 6. The van der Waals surface area contributed by atoms with Gasteiger partial charge in [0.05, 0.1) is 29.9 Å². The van der Waals surface area contributed by atoms with E-state index in [2.05, 4.69) is 25.5 Å². The first-order valence-electron chi connectivity index (χ1n) is 11.4. The van der Waals surface area contributed by atoms with E-state index in [1.54, 1.807) is 0 Å². The maximum absolute atomic E-state index is 13.7. The number of aliphatic hydroxyl groups is 2. The van der Waals surface area contributed by atoms with Crippen LogP contribution in [0.4, 0.5) is 16.3 Å². The summed E-state index contributed by atoms with van der Waals surface area (Å²) in [5, 5.41) is 41.8. The topological polar surface area (TPSA) is 187 Å². The number of hydrogen-bond acceptors (Lipinski definition) is 11. The minimum Gasteiger partial charge on any atom is -0.550 e. The van der Waals surface area contributed by atoms with Crippen molar-refractivity contribution >= 4 is 34.0 Å². The van der Waals surface area contributed by atoms with Crippen LogP contribution in [0.15, 0.2) is 30.3 Å². The first-order valence-corrected chi connectivity index (χ1v) is 13.3. The van der Waals surface area contributed by atoms with Crippen LogP contribution in [0.25, 0.3) is 17.3 Å². The van der Waals surface area contributed by atoms with E-state index in [-0.39, 0.29) is 59.5 Å². The Labute approximate surface area is 246 Å². The number of hydrogen-bond donors (Lipinski definition) is 2. The van der Waals surface area contributed by atoms with Gasteiger partial charge in [-0.2, -0.15) is 4.31 Å². The Kier molecular flexibility index (Phi) is 11.2. The molecule has 0 aliphatic rings. The molecular weight excluding hydrogens is 544 g/mol. The monoisotopic (exact) mass is 571 g/mol. The molecule has 204 valence electrons. The van der Waals surface area contributed by atoms with Crippen molar-refractivity contribution in [3.8, 4) is 11.3 Å². The minimum absolute atomic E-state index is 0. The molecule has 13 nitrogen and oxygen atoms in total. The molecule has 0 saturated heterocycles. The van der Waals surface area contributed by atoms with Crippen molar-refractivity contribution in [1.82, 2.24) is 30.2 Å². The van der Waals surface area contributed by atoms with Crippen molar-refractivity contribution in [3.05, 3.63) is 47.4 Å². The summed E-state index contributed by atoms with van der Waals surface area (Å²) in [4.78, 5) is 19.7. The van der Waals surface area contributed by atoms with Crippen molar-refractivity contribution in [2.24, 2.45) is 7.05 Å². The third kappa shape index (κ3) is 8.33. The summed E-state index contributed by atoms with van der Waals surface area (Å²) < 4.78 is 41.2. The van der Waals surface area contributed by atoms with E-state index in [0.717, 1.165) is 15.2 Å². The van der Waals surface area contributed by atoms with E-state index < -0.39 is 40.4 Å². The van der Waals surface area contributed by atoms with Gasteiger partial charge in [0.25, 0.3) is 5.95 Å². The standard InChI is InChI=1S/C23H28FN7O6S.Na/c1-13(2)20-18(10-9-16(32)11-17(33)12-19(34)35)21(14-5-7-15(24)8-6-14)26-22(25-20)31(38(4,36)37)23-27-28-29-30(23)3;/h5-10,13,16-17,32-33H,11-12H2,1-4H3,(H,34,35);/q;+1/p-1/b10-9+;/t16-,17-;/m1./s1. The van der Waals surface area contributed by atoms with E-state index in [4.69, 9.17) is 0 Å². The summed E-state index contributed by atoms with van der Waals surface area (Å²) in [6.45, 7) is 3.62. The number of rotatable bonds is 11. The third-order valence-corrected chi connectivity index (χ3v) is 6.31. The number of tetrazole rings is 1. The zero-order valence-corrected chi connectivity index (χ0v) is 24.9. The van der Waals surface area contributed by atoms with E-state index in [0.29, 0.717) is 16.8 Å². The van der Waals surface area contributed by atoms with Gasteiger partial charge in [0.15, 0.2) is 0 Å². The van der Waals surface area contributed by atoms with Crippen LogP contribution in [0.1, 0.15) is 43.9 Å². The first-order chi connectivity index (χ1) is 17.8. The maximum Gasteiger partial charge on any atom is 1.00 e. The van der Waals surface area contributed by atoms with E-state index in [1.165, 1.54) is 43.5 Å². The van der Waals surface area contributed by atoms with Crippen LogP contribution in [0, 0.1) is 5.82 Å². The van der Waals surface area contributed by atoms with Crippen molar-refractivity contribution in [1.29, 1.82) is 0 Å². The molecule has 2 aromatic heterocycles. The Morgan fingerprint density at radius 2 is 1.85 bits per heavy atom. The average molecular weight is 572 g/mol. The number of halogens is 1. The normalized spacial score (nSPS) is 13.3. The second kappa shape index (κ2) is 13.5. The number of carbonyl (C=O) groups excluding carboxylic acids is 1.